The summed E-state index contributed by atoms with van der Waals surface area (Å²) in [6.45, 7) is 11.0. The lowest BCUT2D eigenvalue weighted by molar-refractivity contribution is -0.331. The van der Waals surface area contributed by atoms with Gasteiger partial charge in [0.25, 0.3) is 10.1 Å². The van der Waals surface area contributed by atoms with Crippen molar-refractivity contribution < 1.29 is 37.0 Å². The van der Waals surface area contributed by atoms with E-state index in [1.54, 1.807) is 12.1 Å². The van der Waals surface area contributed by atoms with Gasteiger partial charge in [-0.05, 0) is 52.2 Å². The molecule has 0 radical (unpaired) electrons. The Morgan fingerprint density at radius 1 is 1.06 bits per heavy atom. The number of benzene rings is 1. The second-order valence-electron chi connectivity index (χ2n) is 8.85. The Labute approximate surface area is 192 Å². The topological polar surface area (TPSA) is 112 Å². The number of aliphatic hydroxyl groups excluding tert-OH is 2. The standard InChI is InChI=1S/C23H38O8S/c1-7-16(8-2)29-21-19(24)18(30-22(20(21)25)31-23(5,6)9-3)14-28-32(26,27)17-12-10-15(4)11-13-17/h10-13,16,18-22,24-25H,7-9,14H2,1-6H3. The van der Waals surface area contributed by atoms with Gasteiger partial charge < -0.3 is 24.4 Å². The molecule has 1 heterocycles. The first kappa shape index (κ1) is 27.2. The molecule has 5 unspecified atom stereocenters. The van der Waals surface area contributed by atoms with Gasteiger partial charge >= 0.3 is 0 Å². The van der Waals surface area contributed by atoms with Crippen LogP contribution in [0, 0.1) is 6.92 Å². The van der Waals surface area contributed by atoms with Gasteiger partial charge in [0, 0.05) is 0 Å². The summed E-state index contributed by atoms with van der Waals surface area (Å²) in [6.07, 6.45) is -3.88. The van der Waals surface area contributed by atoms with Crippen LogP contribution in [0.1, 0.15) is 59.4 Å². The first-order valence-electron chi connectivity index (χ1n) is 11.2. The third kappa shape index (κ3) is 6.96. The van der Waals surface area contributed by atoms with Crippen LogP contribution in [0.15, 0.2) is 29.2 Å². The van der Waals surface area contributed by atoms with Gasteiger partial charge in [-0.25, -0.2) is 0 Å². The van der Waals surface area contributed by atoms with Crippen LogP contribution in [0.3, 0.4) is 0 Å². The zero-order valence-electron chi connectivity index (χ0n) is 19.9. The summed E-state index contributed by atoms with van der Waals surface area (Å²) < 4.78 is 48.1. The van der Waals surface area contributed by atoms with E-state index in [1.165, 1.54) is 12.1 Å². The van der Waals surface area contributed by atoms with Crippen LogP contribution in [-0.4, -0.2) is 67.6 Å². The Hall–Kier alpha value is -1.07. The van der Waals surface area contributed by atoms with Crippen LogP contribution in [0.2, 0.25) is 0 Å². The molecule has 1 aromatic carbocycles. The molecule has 0 amide bonds. The quantitative estimate of drug-likeness (QED) is 0.471. The number of aliphatic hydroxyl groups is 2. The van der Waals surface area contributed by atoms with Crippen LogP contribution in [-0.2, 0) is 28.5 Å². The fraction of sp³-hybridized carbons (Fsp3) is 0.739. The summed E-state index contributed by atoms with van der Waals surface area (Å²) in [5.41, 5.74) is 0.316. The van der Waals surface area contributed by atoms with Gasteiger partial charge in [0.15, 0.2) is 6.29 Å². The number of aryl methyl sites for hydroxylation is 1. The molecule has 0 spiro atoms. The summed E-state index contributed by atoms with van der Waals surface area (Å²) in [6, 6.07) is 6.27. The molecule has 0 aromatic heterocycles. The zero-order chi connectivity index (χ0) is 24.1. The highest BCUT2D eigenvalue weighted by atomic mass is 32.2. The molecule has 0 saturated carbocycles. The average Bonchev–Trinajstić information content (AvgIpc) is 2.75. The van der Waals surface area contributed by atoms with E-state index in [-0.39, 0.29) is 11.0 Å². The zero-order valence-corrected chi connectivity index (χ0v) is 20.7. The Balaban J connectivity index is 2.21. The fourth-order valence-electron chi connectivity index (χ4n) is 3.33. The van der Waals surface area contributed by atoms with Crippen molar-refractivity contribution in [3.63, 3.8) is 0 Å². The molecule has 0 aliphatic carbocycles. The SMILES string of the molecule is CCC(CC)OC1C(O)C(COS(=O)(=O)c2ccc(C)cc2)OC(OC(C)(C)CC)C1O. The van der Waals surface area contributed by atoms with Crippen molar-refractivity contribution in [2.24, 2.45) is 0 Å². The molecular weight excluding hydrogens is 436 g/mol. The van der Waals surface area contributed by atoms with Crippen LogP contribution >= 0.6 is 0 Å². The van der Waals surface area contributed by atoms with Crippen molar-refractivity contribution >= 4 is 10.1 Å². The number of ether oxygens (including phenoxy) is 3. The van der Waals surface area contributed by atoms with Crippen LogP contribution in [0.4, 0.5) is 0 Å². The molecular formula is C23H38O8S. The molecule has 0 bridgehead atoms. The normalized spacial score (nSPS) is 27.1. The molecule has 9 heteroatoms. The van der Waals surface area contributed by atoms with Crippen LogP contribution in [0.25, 0.3) is 0 Å². The van der Waals surface area contributed by atoms with Crippen molar-refractivity contribution in [1.82, 2.24) is 0 Å². The van der Waals surface area contributed by atoms with E-state index in [0.29, 0.717) is 19.3 Å². The van der Waals surface area contributed by atoms with Gasteiger partial charge in [0.05, 0.1) is 23.2 Å². The van der Waals surface area contributed by atoms with E-state index in [2.05, 4.69) is 0 Å². The van der Waals surface area contributed by atoms with Crippen molar-refractivity contribution in [1.29, 1.82) is 0 Å². The van der Waals surface area contributed by atoms with Crippen LogP contribution < -0.4 is 0 Å². The first-order chi connectivity index (χ1) is 14.9. The fourth-order valence-corrected chi connectivity index (χ4v) is 4.25. The Bertz CT molecular complexity index is 804. The van der Waals surface area contributed by atoms with E-state index in [4.69, 9.17) is 18.4 Å². The minimum absolute atomic E-state index is 0.0122. The van der Waals surface area contributed by atoms with Gasteiger partial charge in [-0.15, -0.1) is 0 Å². The number of rotatable bonds is 11. The lowest BCUT2D eigenvalue weighted by Gasteiger charge is -2.45. The second-order valence-corrected chi connectivity index (χ2v) is 10.5. The van der Waals surface area contributed by atoms with E-state index in [9.17, 15) is 18.6 Å². The molecule has 32 heavy (non-hydrogen) atoms. The molecule has 1 aliphatic rings. The number of hydrogen-bond acceptors (Lipinski definition) is 8. The summed E-state index contributed by atoms with van der Waals surface area (Å²) >= 11 is 0. The molecule has 1 aromatic rings. The highest BCUT2D eigenvalue weighted by molar-refractivity contribution is 7.86. The molecule has 8 nitrogen and oxygen atoms in total. The van der Waals surface area contributed by atoms with Crippen molar-refractivity contribution in [2.45, 2.75) is 108 Å². The number of hydrogen-bond donors (Lipinski definition) is 2. The van der Waals surface area contributed by atoms with Gasteiger partial charge in [-0.1, -0.05) is 38.5 Å². The summed E-state index contributed by atoms with van der Waals surface area (Å²) in [5.74, 6) is 0. The predicted octanol–water partition coefficient (Wildman–Crippen LogP) is 2.93. The molecule has 5 atom stereocenters. The summed E-state index contributed by atoms with van der Waals surface area (Å²) in [7, 11) is -4.06. The minimum atomic E-state index is -4.06. The van der Waals surface area contributed by atoms with Crippen molar-refractivity contribution in [3.8, 4) is 0 Å². The van der Waals surface area contributed by atoms with Gasteiger partial charge in [-0.2, -0.15) is 8.42 Å². The highest BCUT2D eigenvalue weighted by Gasteiger charge is 2.48. The van der Waals surface area contributed by atoms with Crippen molar-refractivity contribution in [2.75, 3.05) is 6.61 Å². The molecule has 1 saturated heterocycles. The van der Waals surface area contributed by atoms with E-state index in [0.717, 1.165) is 5.56 Å². The smallest absolute Gasteiger partial charge is 0.297 e. The lowest BCUT2D eigenvalue weighted by atomic mass is 9.97. The minimum Gasteiger partial charge on any atom is -0.387 e. The first-order valence-corrected chi connectivity index (χ1v) is 12.7. The maximum Gasteiger partial charge on any atom is 0.297 e. The highest BCUT2D eigenvalue weighted by Crippen LogP contribution is 2.30. The Kier molecular flexibility index (Phi) is 9.66. The third-order valence-corrected chi connectivity index (χ3v) is 7.18. The predicted molar refractivity (Wildman–Crippen MR) is 120 cm³/mol. The van der Waals surface area contributed by atoms with E-state index in [1.807, 2.05) is 41.5 Å². The largest absolute Gasteiger partial charge is 0.387 e. The summed E-state index contributed by atoms with van der Waals surface area (Å²) in [4.78, 5) is 0.0122. The average molecular weight is 475 g/mol. The Morgan fingerprint density at radius 3 is 2.19 bits per heavy atom. The molecule has 2 rings (SSSR count). The van der Waals surface area contributed by atoms with E-state index < -0.39 is 53.0 Å². The monoisotopic (exact) mass is 474 g/mol. The lowest BCUT2D eigenvalue weighted by Crippen LogP contribution is -2.62. The molecule has 1 aliphatic heterocycles. The summed E-state index contributed by atoms with van der Waals surface area (Å²) in [5, 5.41) is 21.7. The van der Waals surface area contributed by atoms with Crippen molar-refractivity contribution in [3.05, 3.63) is 29.8 Å². The van der Waals surface area contributed by atoms with E-state index >= 15 is 0 Å². The maximum absolute atomic E-state index is 12.6. The third-order valence-electron chi connectivity index (χ3n) is 5.89. The molecule has 184 valence electrons. The molecule has 1 fully saturated rings. The van der Waals surface area contributed by atoms with Gasteiger partial charge in [-0.3, -0.25) is 4.18 Å². The molecule has 2 N–H and O–H groups in total. The van der Waals surface area contributed by atoms with Gasteiger partial charge in [0.2, 0.25) is 0 Å². The Morgan fingerprint density at radius 2 is 1.66 bits per heavy atom. The second kappa shape index (κ2) is 11.4. The maximum atomic E-state index is 12.6. The van der Waals surface area contributed by atoms with Crippen LogP contribution in [0.5, 0.6) is 0 Å². The van der Waals surface area contributed by atoms with Gasteiger partial charge in [0.1, 0.15) is 24.4 Å².